The van der Waals surface area contributed by atoms with Crippen LogP contribution in [-0.2, 0) is 16.5 Å². The molecule has 1 aliphatic heterocycles. The molecule has 3 N–H and O–H groups in total. The molecule has 0 saturated carbocycles. The Bertz CT molecular complexity index is 864. The number of anilines is 1. The lowest BCUT2D eigenvalue weighted by Crippen LogP contribution is -2.28. The largest absolute Gasteiger partial charge is 0.506 e. The molecule has 154 valence electrons. The molecule has 0 spiro atoms. The van der Waals surface area contributed by atoms with E-state index in [4.69, 9.17) is 4.55 Å². The fourth-order valence-corrected chi connectivity index (χ4v) is 3.59. The molecule has 0 radical (unpaired) electrons. The zero-order chi connectivity index (χ0) is 20.7. The molecule has 1 aliphatic rings. The Morgan fingerprint density at radius 2 is 1.82 bits per heavy atom. The number of nitrogens with one attached hydrogen (secondary N) is 1. The molecular formula is C21H30N2O4S. The van der Waals surface area contributed by atoms with E-state index >= 15 is 0 Å². The summed E-state index contributed by atoms with van der Waals surface area (Å²) in [6, 6.07) is 12.4. The van der Waals surface area contributed by atoms with Crippen LogP contribution in [0.3, 0.4) is 0 Å². The first-order valence-corrected chi connectivity index (χ1v) is 11.0. The van der Waals surface area contributed by atoms with Crippen molar-refractivity contribution in [2.24, 2.45) is 0 Å². The molecule has 2 aromatic rings. The van der Waals surface area contributed by atoms with Crippen LogP contribution in [0.15, 0.2) is 47.4 Å². The monoisotopic (exact) mass is 406 g/mol. The molecule has 0 bridgehead atoms. The average Bonchev–Trinajstić information content (AvgIpc) is 3.03. The molecule has 0 amide bonds. The smallest absolute Gasteiger partial charge is 0.294 e. The molecule has 1 heterocycles. The first-order valence-electron chi connectivity index (χ1n) is 9.52. The van der Waals surface area contributed by atoms with Gasteiger partial charge in [-0.3, -0.25) is 4.55 Å². The molecule has 0 fully saturated rings. The highest BCUT2D eigenvalue weighted by Gasteiger charge is 2.21. The van der Waals surface area contributed by atoms with E-state index in [-0.39, 0.29) is 4.90 Å². The number of fused-ring (bicyclic) bond motifs is 1. The summed E-state index contributed by atoms with van der Waals surface area (Å²) in [5.41, 5.74) is 3.29. The van der Waals surface area contributed by atoms with Crippen LogP contribution in [0.1, 0.15) is 31.4 Å². The lowest BCUT2D eigenvalue weighted by atomic mass is 10.1. The van der Waals surface area contributed by atoms with E-state index in [1.807, 2.05) is 13.0 Å². The molecule has 6 nitrogen and oxygen atoms in total. The van der Waals surface area contributed by atoms with Gasteiger partial charge in [0.1, 0.15) is 5.75 Å². The van der Waals surface area contributed by atoms with Gasteiger partial charge in [-0.25, -0.2) is 0 Å². The Kier molecular flexibility index (Phi) is 7.86. The molecule has 2 aromatic carbocycles. The minimum absolute atomic E-state index is 0.0666. The van der Waals surface area contributed by atoms with Crippen LogP contribution in [0.2, 0.25) is 0 Å². The van der Waals surface area contributed by atoms with Gasteiger partial charge < -0.3 is 15.3 Å². The van der Waals surface area contributed by atoms with Crippen molar-refractivity contribution in [3.8, 4) is 5.75 Å². The van der Waals surface area contributed by atoms with E-state index in [1.54, 1.807) is 18.2 Å². The molecule has 0 saturated heterocycles. The number of aryl methyl sites for hydroxylation is 1. The van der Waals surface area contributed by atoms with Crippen LogP contribution in [0, 0.1) is 6.92 Å². The van der Waals surface area contributed by atoms with Crippen molar-refractivity contribution >= 4 is 15.8 Å². The van der Waals surface area contributed by atoms with Gasteiger partial charge in [-0.15, -0.1) is 0 Å². The zero-order valence-electron chi connectivity index (χ0n) is 16.7. The van der Waals surface area contributed by atoms with Gasteiger partial charge in [0.25, 0.3) is 10.1 Å². The summed E-state index contributed by atoms with van der Waals surface area (Å²) in [6.45, 7) is 9.26. The highest BCUT2D eigenvalue weighted by Crippen LogP contribution is 2.36. The van der Waals surface area contributed by atoms with E-state index in [9.17, 15) is 13.5 Å². The fraction of sp³-hybridized carbons (Fsp3) is 0.429. The second-order valence-corrected chi connectivity index (χ2v) is 8.69. The summed E-state index contributed by atoms with van der Waals surface area (Å²) >= 11 is 0. The SMILES string of the molecule is CC(C)NCCCN1CCc2cccc(O)c21.Cc1ccc(S(=O)(=O)O)cc1. The minimum Gasteiger partial charge on any atom is -0.506 e. The number of phenolic OH excluding ortho intramolecular Hbond substituents is 1. The van der Waals surface area contributed by atoms with Crippen molar-refractivity contribution in [1.29, 1.82) is 0 Å². The van der Waals surface area contributed by atoms with Crippen LogP contribution in [-0.4, -0.2) is 43.8 Å². The van der Waals surface area contributed by atoms with Gasteiger partial charge in [-0.2, -0.15) is 8.42 Å². The molecule has 28 heavy (non-hydrogen) atoms. The summed E-state index contributed by atoms with van der Waals surface area (Å²) in [5.74, 6) is 0.428. The number of rotatable bonds is 6. The Hall–Kier alpha value is -2.09. The lowest BCUT2D eigenvalue weighted by molar-refractivity contribution is 0.474. The number of para-hydroxylation sites is 1. The Labute approximate surface area is 168 Å². The molecular weight excluding hydrogens is 376 g/mol. The number of hydrogen-bond donors (Lipinski definition) is 3. The van der Waals surface area contributed by atoms with Crippen molar-refractivity contribution in [1.82, 2.24) is 5.32 Å². The summed E-state index contributed by atoms with van der Waals surface area (Å²) in [5, 5.41) is 13.3. The number of nitrogens with zero attached hydrogens (tertiary/aromatic N) is 1. The lowest BCUT2D eigenvalue weighted by Gasteiger charge is -2.20. The van der Waals surface area contributed by atoms with Crippen molar-refractivity contribution in [3.63, 3.8) is 0 Å². The third-order valence-corrected chi connectivity index (χ3v) is 5.41. The van der Waals surface area contributed by atoms with Crippen LogP contribution in [0.5, 0.6) is 5.75 Å². The van der Waals surface area contributed by atoms with Crippen molar-refractivity contribution in [3.05, 3.63) is 53.6 Å². The highest BCUT2D eigenvalue weighted by atomic mass is 32.2. The quantitative estimate of drug-likeness (QED) is 0.503. The van der Waals surface area contributed by atoms with Crippen molar-refractivity contribution < 1.29 is 18.1 Å². The van der Waals surface area contributed by atoms with Gasteiger partial charge in [0.05, 0.1) is 10.6 Å². The predicted octanol–water partition coefficient (Wildman–Crippen LogP) is 3.38. The van der Waals surface area contributed by atoms with Gasteiger partial charge >= 0.3 is 0 Å². The Balaban J connectivity index is 0.000000221. The van der Waals surface area contributed by atoms with Gasteiger partial charge in [0.2, 0.25) is 0 Å². The third-order valence-electron chi connectivity index (χ3n) is 4.54. The number of phenols is 1. The van der Waals surface area contributed by atoms with E-state index in [0.717, 1.165) is 43.7 Å². The maximum absolute atomic E-state index is 10.5. The van der Waals surface area contributed by atoms with Gasteiger partial charge in [-0.1, -0.05) is 43.7 Å². The first-order chi connectivity index (χ1) is 13.2. The van der Waals surface area contributed by atoms with E-state index in [0.29, 0.717) is 11.8 Å². The second kappa shape index (κ2) is 9.91. The molecule has 3 rings (SSSR count). The molecule has 0 unspecified atom stereocenters. The number of benzene rings is 2. The minimum atomic E-state index is -4.02. The molecule has 7 heteroatoms. The van der Waals surface area contributed by atoms with Crippen molar-refractivity contribution in [2.75, 3.05) is 24.5 Å². The van der Waals surface area contributed by atoms with Crippen LogP contribution >= 0.6 is 0 Å². The van der Waals surface area contributed by atoms with Crippen LogP contribution in [0.4, 0.5) is 5.69 Å². The van der Waals surface area contributed by atoms with Crippen LogP contribution < -0.4 is 10.2 Å². The summed E-state index contributed by atoms with van der Waals surface area (Å²) in [6.07, 6.45) is 2.17. The second-order valence-electron chi connectivity index (χ2n) is 7.27. The number of aromatic hydroxyl groups is 1. The molecule has 0 aliphatic carbocycles. The standard InChI is InChI=1S/C14H22N2O.C7H8O3S/c1-11(2)15-8-4-9-16-10-7-12-5-3-6-13(17)14(12)16;1-6-2-4-7(5-3-6)11(8,9)10/h3,5-6,11,15,17H,4,7-10H2,1-2H3;2-5H,1H3,(H,8,9,10). The van der Waals surface area contributed by atoms with E-state index in [1.165, 1.54) is 17.7 Å². The average molecular weight is 407 g/mol. The predicted molar refractivity (Wildman–Crippen MR) is 113 cm³/mol. The summed E-state index contributed by atoms with van der Waals surface area (Å²) in [7, 11) is -4.02. The van der Waals surface area contributed by atoms with Crippen molar-refractivity contribution in [2.45, 2.75) is 44.6 Å². The third kappa shape index (κ3) is 6.51. The van der Waals surface area contributed by atoms with Gasteiger partial charge in [-0.05, 0) is 50.1 Å². The van der Waals surface area contributed by atoms with Crippen LogP contribution in [0.25, 0.3) is 0 Å². The van der Waals surface area contributed by atoms with Gasteiger partial charge in [0.15, 0.2) is 0 Å². The maximum Gasteiger partial charge on any atom is 0.294 e. The fourth-order valence-electron chi connectivity index (χ4n) is 3.11. The Morgan fingerprint density at radius 1 is 1.14 bits per heavy atom. The van der Waals surface area contributed by atoms with Gasteiger partial charge in [0, 0.05) is 19.1 Å². The maximum atomic E-state index is 10.5. The highest BCUT2D eigenvalue weighted by molar-refractivity contribution is 7.85. The Morgan fingerprint density at radius 3 is 2.43 bits per heavy atom. The number of hydrogen-bond acceptors (Lipinski definition) is 5. The summed E-state index contributed by atoms with van der Waals surface area (Å²) < 4.78 is 29.6. The zero-order valence-corrected chi connectivity index (χ0v) is 17.5. The molecule has 0 aromatic heterocycles. The first kappa shape index (κ1) is 22.2. The van der Waals surface area contributed by atoms with E-state index < -0.39 is 10.1 Å². The van der Waals surface area contributed by atoms with E-state index in [2.05, 4.69) is 30.1 Å². The topological polar surface area (TPSA) is 89.9 Å². The normalized spacial score (nSPS) is 13.2. The summed E-state index contributed by atoms with van der Waals surface area (Å²) in [4.78, 5) is 2.23. The molecule has 0 atom stereocenters.